The molecule has 0 aliphatic carbocycles. The Kier molecular flexibility index (Phi) is 4.25. The summed E-state index contributed by atoms with van der Waals surface area (Å²) in [5.74, 6) is -0.968. The summed E-state index contributed by atoms with van der Waals surface area (Å²) < 4.78 is -1.59. The molecule has 0 atom stereocenters. The fourth-order valence-electron chi connectivity index (χ4n) is 1.32. The zero-order valence-electron chi connectivity index (χ0n) is 8.21. The van der Waals surface area contributed by atoms with Gasteiger partial charge in [0.15, 0.2) is 0 Å². The van der Waals surface area contributed by atoms with Crippen LogP contribution in [0.15, 0.2) is 30.8 Å². The molecule has 0 heterocycles. The molecule has 0 saturated heterocycles. The van der Waals surface area contributed by atoms with Gasteiger partial charge < -0.3 is 5.11 Å². The number of aliphatic carboxylic acids is 1. The molecule has 86 valence electrons. The van der Waals surface area contributed by atoms with Gasteiger partial charge in [0.1, 0.15) is 0 Å². The van der Waals surface area contributed by atoms with E-state index in [1.807, 2.05) is 0 Å². The summed E-state index contributed by atoms with van der Waals surface area (Å²) in [7, 11) is 0. The third kappa shape index (κ3) is 3.41. The smallest absolute Gasteiger partial charge is 0.307 e. The van der Waals surface area contributed by atoms with Crippen LogP contribution in [0.1, 0.15) is 17.5 Å². The average molecular weight is 280 g/mol. The van der Waals surface area contributed by atoms with E-state index in [-0.39, 0.29) is 6.42 Å². The number of carbonyl (C=O) groups is 1. The summed E-state index contributed by atoms with van der Waals surface area (Å²) in [6.07, 6.45) is -0.183. The van der Waals surface area contributed by atoms with Gasteiger partial charge in [-0.15, -0.1) is 0 Å². The molecule has 0 amide bonds. The van der Waals surface area contributed by atoms with Crippen molar-refractivity contribution in [2.75, 3.05) is 0 Å². The van der Waals surface area contributed by atoms with Gasteiger partial charge in [0.25, 0.3) is 0 Å². The van der Waals surface area contributed by atoms with Crippen LogP contribution in [0.3, 0.4) is 0 Å². The second-order valence-corrected chi connectivity index (χ2v) is 5.50. The highest BCUT2D eigenvalue weighted by Gasteiger charge is 2.26. The fraction of sp³-hybridized carbons (Fsp3) is 0.182. The number of halogens is 3. The molecule has 0 aromatic heterocycles. The molecule has 0 bridgehead atoms. The average Bonchev–Trinajstić information content (AvgIpc) is 2.15. The van der Waals surface area contributed by atoms with Crippen molar-refractivity contribution in [3.63, 3.8) is 0 Å². The second kappa shape index (κ2) is 5.09. The van der Waals surface area contributed by atoms with Crippen molar-refractivity contribution in [2.24, 2.45) is 0 Å². The molecule has 0 unspecified atom stereocenters. The summed E-state index contributed by atoms with van der Waals surface area (Å²) >= 11 is 17.4. The number of hydrogen-bond acceptors (Lipinski definition) is 1. The van der Waals surface area contributed by atoms with Crippen LogP contribution in [0.2, 0.25) is 0 Å². The van der Waals surface area contributed by atoms with Crippen LogP contribution < -0.4 is 0 Å². The summed E-state index contributed by atoms with van der Waals surface area (Å²) in [6.45, 7) is 3.68. The summed E-state index contributed by atoms with van der Waals surface area (Å²) in [4.78, 5) is 10.6. The summed E-state index contributed by atoms with van der Waals surface area (Å²) in [5.41, 5.74) is 1.41. The molecule has 1 aromatic carbocycles. The Balaban J connectivity index is 3.14. The Morgan fingerprint density at radius 2 is 1.88 bits per heavy atom. The molecule has 0 spiro atoms. The minimum atomic E-state index is -1.59. The van der Waals surface area contributed by atoms with Crippen LogP contribution >= 0.6 is 34.8 Å². The first-order chi connectivity index (χ1) is 7.32. The van der Waals surface area contributed by atoms with Gasteiger partial charge in [-0.3, -0.25) is 4.79 Å². The lowest BCUT2D eigenvalue weighted by Gasteiger charge is -2.17. The highest BCUT2D eigenvalue weighted by Crippen LogP contribution is 2.41. The predicted molar refractivity (Wildman–Crippen MR) is 67.0 cm³/mol. The fourth-order valence-corrected chi connectivity index (χ4v) is 1.81. The third-order valence-electron chi connectivity index (χ3n) is 1.98. The maximum Gasteiger partial charge on any atom is 0.307 e. The number of alkyl halides is 3. The van der Waals surface area contributed by atoms with Crippen LogP contribution in [0.5, 0.6) is 0 Å². The molecular weight excluding hydrogens is 270 g/mol. The minimum Gasteiger partial charge on any atom is -0.481 e. The van der Waals surface area contributed by atoms with E-state index in [0.29, 0.717) is 16.7 Å². The highest BCUT2D eigenvalue weighted by atomic mass is 35.6. The molecule has 0 aliphatic heterocycles. The Morgan fingerprint density at radius 3 is 2.38 bits per heavy atom. The van der Waals surface area contributed by atoms with E-state index in [9.17, 15) is 4.79 Å². The van der Waals surface area contributed by atoms with E-state index in [1.54, 1.807) is 24.3 Å². The predicted octanol–water partition coefficient (Wildman–Crippen LogP) is 4.00. The van der Waals surface area contributed by atoms with Crippen molar-refractivity contribution in [1.82, 2.24) is 0 Å². The highest BCUT2D eigenvalue weighted by molar-refractivity contribution is 6.66. The lowest BCUT2D eigenvalue weighted by molar-refractivity contribution is -0.135. The van der Waals surface area contributed by atoms with Crippen molar-refractivity contribution in [3.05, 3.63) is 42.0 Å². The molecule has 1 aromatic rings. The Morgan fingerprint density at radius 1 is 1.31 bits per heavy atom. The van der Waals surface area contributed by atoms with Gasteiger partial charge in [-0.1, -0.05) is 65.6 Å². The van der Waals surface area contributed by atoms with Crippen LogP contribution in [-0.4, -0.2) is 11.1 Å². The standard InChI is InChI=1S/C11H9Cl3O2/c1-7(6-10(15)16)8-4-2-3-5-9(8)11(12,13)14/h2-5H,1,6H2,(H,15,16). The molecule has 5 heteroatoms. The zero-order valence-corrected chi connectivity index (χ0v) is 10.5. The van der Waals surface area contributed by atoms with Crippen molar-refractivity contribution < 1.29 is 9.90 Å². The SMILES string of the molecule is C=C(CC(=O)O)c1ccccc1C(Cl)(Cl)Cl. The maximum atomic E-state index is 10.6. The van der Waals surface area contributed by atoms with E-state index in [0.717, 1.165) is 0 Å². The van der Waals surface area contributed by atoms with E-state index < -0.39 is 9.76 Å². The maximum absolute atomic E-state index is 10.6. The Bertz CT molecular complexity index is 421. The molecule has 1 N–H and O–H groups in total. The van der Waals surface area contributed by atoms with Crippen molar-refractivity contribution in [2.45, 2.75) is 10.2 Å². The first-order valence-electron chi connectivity index (χ1n) is 4.38. The van der Waals surface area contributed by atoms with Gasteiger partial charge in [-0.05, 0) is 11.1 Å². The van der Waals surface area contributed by atoms with Crippen molar-refractivity contribution in [3.8, 4) is 0 Å². The molecule has 0 radical (unpaired) electrons. The lowest BCUT2D eigenvalue weighted by atomic mass is 9.99. The molecule has 1 rings (SSSR count). The van der Waals surface area contributed by atoms with E-state index in [2.05, 4.69) is 6.58 Å². The minimum absolute atomic E-state index is 0.183. The van der Waals surface area contributed by atoms with Gasteiger partial charge >= 0.3 is 5.97 Å². The third-order valence-corrected chi connectivity index (χ3v) is 2.59. The van der Waals surface area contributed by atoms with E-state index in [1.165, 1.54) is 0 Å². The number of benzene rings is 1. The molecular formula is C11H9Cl3O2. The van der Waals surface area contributed by atoms with Gasteiger partial charge in [0, 0.05) is 5.56 Å². The normalized spacial score (nSPS) is 11.2. The summed E-state index contributed by atoms with van der Waals surface area (Å²) in [5, 5.41) is 8.68. The molecule has 16 heavy (non-hydrogen) atoms. The van der Waals surface area contributed by atoms with Gasteiger partial charge in [-0.25, -0.2) is 0 Å². The number of carboxylic acids is 1. The monoisotopic (exact) mass is 278 g/mol. The topological polar surface area (TPSA) is 37.3 Å². The zero-order chi connectivity index (χ0) is 12.3. The molecule has 0 saturated carbocycles. The molecule has 2 nitrogen and oxygen atoms in total. The quantitative estimate of drug-likeness (QED) is 0.849. The summed E-state index contributed by atoms with van der Waals surface area (Å²) in [6, 6.07) is 6.77. The Hall–Kier alpha value is -0.700. The molecule has 0 aliphatic rings. The molecule has 0 fully saturated rings. The first kappa shape index (κ1) is 13.4. The van der Waals surface area contributed by atoms with Gasteiger partial charge in [-0.2, -0.15) is 0 Å². The van der Waals surface area contributed by atoms with Crippen molar-refractivity contribution in [1.29, 1.82) is 0 Å². The van der Waals surface area contributed by atoms with Crippen LogP contribution in [-0.2, 0) is 8.59 Å². The van der Waals surface area contributed by atoms with Gasteiger partial charge in [0.2, 0.25) is 3.79 Å². The first-order valence-corrected chi connectivity index (χ1v) is 5.52. The van der Waals surface area contributed by atoms with Gasteiger partial charge in [0.05, 0.1) is 6.42 Å². The van der Waals surface area contributed by atoms with E-state index >= 15 is 0 Å². The van der Waals surface area contributed by atoms with Crippen LogP contribution in [0.4, 0.5) is 0 Å². The van der Waals surface area contributed by atoms with Crippen molar-refractivity contribution >= 4 is 46.3 Å². The second-order valence-electron chi connectivity index (χ2n) is 3.22. The van der Waals surface area contributed by atoms with E-state index in [4.69, 9.17) is 39.9 Å². The Labute approximate surface area is 108 Å². The van der Waals surface area contributed by atoms with Crippen LogP contribution in [0.25, 0.3) is 5.57 Å². The largest absolute Gasteiger partial charge is 0.481 e. The van der Waals surface area contributed by atoms with Crippen LogP contribution in [0, 0.1) is 0 Å². The number of hydrogen-bond donors (Lipinski definition) is 1. The lowest BCUT2D eigenvalue weighted by Crippen LogP contribution is -2.06. The number of rotatable bonds is 3. The number of carboxylic acid groups (broad SMARTS) is 1.